The molecule has 0 saturated heterocycles. The fraction of sp³-hybridized carbons (Fsp3) is 0.0286. The molecule has 0 saturated carbocycles. The summed E-state index contributed by atoms with van der Waals surface area (Å²) in [4.78, 5) is 2.54. The van der Waals surface area contributed by atoms with E-state index in [0.717, 1.165) is 16.6 Å². The summed E-state index contributed by atoms with van der Waals surface area (Å²) in [6.45, 7) is 0. The molecular weight excluding hydrogens is 450 g/mol. The first-order valence-corrected chi connectivity index (χ1v) is 12.8. The van der Waals surface area contributed by atoms with Crippen LogP contribution in [0.2, 0.25) is 0 Å². The van der Waals surface area contributed by atoms with Gasteiger partial charge in [-0.3, -0.25) is 0 Å². The van der Waals surface area contributed by atoms with Gasteiger partial charge < -0.3 is 9.32 Å². The molecule has 2 aliphatic rings. The van der Waals surface area contributed by atoms with Gasteiger partial charge >= 0.3 is 0 Å². The number of furan rings is 1. The van der Waals surface area contributed by atoms with Gasteiger partial charge in [0.2, 0.25) is 0 Å². The number of hydrogen-bond donors (Lipinski definition) is 0. The SMILES string of the molecule is C1=C(c2ccccc2)N2c3cc4c(cc3-c3c(c5ccccc5c5ccccc35)C12)oc1ccccc14. The highest BCUT2D eigenvalue weighted by atomic mass is 16.3. The first-order chi connectivity index (χ1) is 18.4. The third-order valence-electron chi connectivity index (χ3n) is 8.22. The summed E-state index contributed by atoms with van der Waals surface area (Å²) in [6.07, 6.45) is 2.44. The van der Waals surface area contributed by atoms with Crippen LogP contribution in [0.25, 0.3) is 60.3 Å². The Morgan fingerprint density at radius 2 is 1.19 bits per heavy atom. The van der Waals surface area contributed by atoms with Crippen molar-refractivity contribution in [1.82, 2.24) is 0 Å². The first kappa shape index (κ1) is 19.4. The summed E-state index contributed by atoms with van der Waals surface area (Å²) in [5.74, 6) is 0. The van der Waals surface area contributed by atoms with Crippen molar-refractivity contribution in [3.05, 3.63) is 132 Å². The van der Waals surface area contributed by atoms with Gasteiger partial charge in [-0.2, -0.15) is 0 Å². The van der Waals surface area contributed by atoms with Crippen LogP contribution >= 0.6 is 0 Å². The maximum atomic E-state index is 6.39. The second kappa shape index (κ2) is 6.89. The highest BCUT2D eigenvalue weighted by molar-refractivity contribution is 6.21. The number of nitrogens with zero attached hydrogens (tertiary/aromatic N) is 1. The molecule has 0 spiro atoms. The Kier molecular flexibility index (Phi) is 3.61. The van der Waals surface area contributed by atoms with Crippen molar-refractivity contribution in [3.8, 4) is 11.1 Å². The van der Waals surface area contributed by atoms with Crippen LogP contribution in [0, 0.1) is 0 Å². The summed E-state index contributed by atoms with van der Waals surface area (Å²) in [6, 6.07) is 41.6. The van der Waals surface area contributed by atoms with E-state index in [1.54, 1.807) is 0 Å². The Hall–Kier alpha value is -4.82. The molecule has 0 bridgehead atoms. The molecule has 0 aliphatic carbocycles. The van der Waals surface area contributed by atoms with Gasteiger partial charge in [-0.1, -0.05) is 97.1 Å². The van der Waals surface area contributed by atoms with Gasteiger partial charge in [-0.15, -0.1) is 0 Å². The molecule has 0 amide bonds. The smallest absolute Gasteiger partial charge is 0.136 e. The molecule has 6 aromatic carbocycles. The predicted octanol–water partition coefficient (Wildman–Crippen LogP) is 9.48. The van der Waals surface area contributed by atoms with Gasteiger partial charge in [0, 0.05) is 22.0 Å². The summed E-state index contributed by atoms with van der Waals surface area (Å²) in [5.41, 5.74) is 9.58. The van der Waals surface area contributed by atoms with Gasteiger partial charge in [0.15, 0.2) is 0 Å². The number of hydrogen-bond acceptors (Lipinski definition) is 2. The van der Waals surface area contributed by atoms with Crippen molar-refractivity contribution in [2.24, 2.45) is 0 Å². The number of rotatable bonds is 1. The average Bonchev–Trinajstić information content (AvgIpc) is 3.30. The molecule has 2 nitrogen and oxygen atoms in total. The van der Waals surface area contributed by atoms with Gasteiger partial charge in [0.05, 0.1) is 11.7 Å². The third kappa shape index (κ3) is 2.45. The van der Waals surface area contributed by atoms with Crippen LogP contribution in [0.5, 0.6) is 0 Å². The fourth-order valence-corrected chi connectivity index (χ4v) is 6.63. The summed E-state index contributed by atoms with van der Waals surface area (Å²) in [7, 11) is 0. The van der Waals surface area contributed by atoms with E-state index < -0.39 is 0 Å². The Morgan fingerprint density at radius 1 is 0.541 bits per heavy atom. The number of benzene rings is 6. The highest BCUT2D eigenvalue weighted by Gasteiger charge is 2.41. The second-order valence-corrected chi connectivity index (χ2v) is 10.1. The second-order valence-electron chi connectivity index (χ2n) is 10.1. The zero-order valence-corrected chi connectivity index (χ0v) is 20.0. The largest absolute Gasteiger partial charge is 0.456 e. The molecule has 37 heavy (non-hydrogen) atoms. The Bertz CT molecular complexity index is 2100. The van der Waals surface area contributed by atoms with Crippen LogP contribution in [0.1, 0.15) is 17.2 Å². The lowest BCUT2D eigenvalue weighted by Gasteiger charge is -2.47. The molecule has 0 fully saturated rings. The summed E-state index contributed by atoms with van der Waals surface area (Å²) in [5, 5.41) is 7.57. The summed E-state index contributed by atoms with van der Waals surface area (Å²) < 4.78 is 6.39. The van der Waals surface area contributed by atoms with Crippen LogP contribution in [0.3, 0.4) is 0 Å². The van der Waals surface area contributed by atoms with Gasteiger partial charge in [-0.05, 0) is 62.5 Å². The first-order valence-electron chi connectivity index (χ1n) is 12.8. The zero-order chi connectivity index (χ0) is 24.1. The minimum atomic E-state index is 0.183. The maximum Gasteiger partial charge on any atom is 0.136 e. The van der Waals surface area contributed by atoms with Crippen LogP contribution in [-0.4, -0.2) is 0 Å². The molecule has 2 heteroatoms. The van der Waals surface area contributed by atoms with E-state index in [-0.39, 0.29) is 6.04 Å². The van der Waals surface area contributed by atoms with Crippen molar-refractivity contribution in [2.75, 3.05) is 4.90 Å². The third-order valence-corrected chi connectivity index (χ3v) is 8.22. The monoisotopic (exact) mass is 471 g/mol. The van der Waals surface area contributed by atoms with Gasteiger partial charge in [0.25, 0.3) is 0 Å². The van der Waals surface area contributed by atoms with E-state index in [2.05, 4.69) is 120 Å². The van der Waals surface area contributed by atoms with Crippen LogP contribution < -0.4 is 4.90 Å². The molecule has 1 unspecified atom stereocenters. The molecule has 1 atom stereocenters. The fourth-order valence-electron chi connectivity index (χ4n) is 6.63. The molecule has 0 radical (unpaired) electrons. The molecular formula is C35H21NO. The Labute approximate surface area is 213 Å². The Balaban J connectivity index is 1.47. The minimum Gasteiger partial charge on any atom is -0.456 e. The van der Waals surface area contributed by atoms with E-state index in [9.17, 15) is 0 Å². The summed E-state index contributed by atoms with van der Waals surface area (Å²) >= 11 is 0. The van der Waals surface area contributed by atoms with Gasteiger partial charge in [0.1, 0.15) is 11.2 Å². The Morgan fingerprint density at radius 3 is 2.00 bits per heavy atom. The van der Waals surface area contributed by atoms with Crippen molar-refractivity contribution in [1.29, 1.82) is 0 Å². The minimum absolute atomic E-state index is 0.183. The van der Waals surface area contributed by atoms with E-state index in [1.165, 1.54) is 60.6 Å². The van der Waals surface area contributed by atoms with Crippen molar-refractivity contribution < 1.29 is 4.42 Å². The van der Waals surface area contributed by atoms with Crippen molar-refractivity contribution in [2.45, 2.75) is 6.04 Å². The van der Waals surface area contributed by atoms with E-state index in [4.69, 9.17) is 4.42 Å². The molecule has 7 aromatic rings. The maximum absolute atomic E-state index is 6.39. The number of para-hydroxylation sites is 1. The number of anilines is 1. The van der Waals surface area contributed by atoms with Crippen molar-refractivity contribution >= 4 is 54.9 Å². The zero-order valence-electron chi connectivity index (χ0n) is 20.0. The van der Waals surface area contributed by atoms with Crippen LogP contribution in [0.4, 0.5) is 5.69 Å². The van der Waals surface area contributed by atoms with E-state index >= 15 is 0 Å². The van der Waals surface area contributed by atoms with E-state index in [0.29, 0.717) is 0 Å². The molecule has 0 N–H and O–H groups in total. The quantitative estimate of drug-likeness (QED) is 0.222. The normalized spacial score (nSPS) is 15.9. The van der Waals surface area contributed by atoms with Crippen LogP contribution in [0.15, 0.2) is 126 Å². The lowest BCUT2D eigenvalue weighted by molar-refractivity contribution is 0.669. The molecule has 1 aromatic heterocycles. The van der Waals surface area contributed by atoms with Gasteiger partial charge in [-0.25, -0.2) is 0 Å². The predicted molar refractivity (Wildman–Crippen MR) is 154 cm³/mol. The molecule has 3 heterocycles. The standard InChI is InChI=1S/C35H21NO/c1-2-10-21(11-3-1)29-20-31-35-26-16-7-5-13-23(26)22-12-4-6-15-25(22)34(35)28-19-33-27(18-30(28)36(29)31)24-14-8-9-17-32(24)37-33/h1-20,31H. The van der Waals surface area contributed by atoms with E-state index in [1.807, 2.05) is 6.07 Å². The van der Waals surface area contributed by atoms with Crippen molar-refractivity contribution in [3.63, 3.8) is 0 Å². The molecule has 2 aliphatic heterocycles. The topological polar surface area (TPSA) is 16.4 Å². The lowest BCUT2D eigenvalue weighted by atomic mass is 9.77. The average molecular weight is 472 g/mol. The lowest BCUT2D eigenvalue weighted by Crippen LogP contribution is -2.37. The number of fused-ring (bicyclic) bond motifs is 14. The highest BCUT2D eigenvalue weighted by Crippen LogP contribution is 2.58. The van der Waals surface area contributed by atoms with Crippen LogP contribution in [-0.2, 0) is 0 Å². The molecule has 172 valence electrons. The molecule has 9 rings (SSSR count).